The molecule has 0 unspecified atom stereocenters. The quantitative estimate of drug-likeness (QED) is 0.671. The molecule has 142 valence electrons. The zero-order valence-electron chi connectivity index (χ0n) is 14.1. The first-order valence-corrected chi connectivity index (χ1v) is 9.20. The van der Waals surface area contributed by atoms with Crippen molar-refractivity contribution in [2.45, 2.75) is 12.3 Å². The predicted octanol–water partition coefficient (Wildman–Crippen LogP) is 3.99. The van der Waals surface area contributed by atoms with E-state index >= 15 is 0 Å². The average Bonchev–Trinajstić information content (AvgIpc) is 2.94. The number of rotatable bonds is 3. The Morgan fingerprint density at radius 1 is 1.11 bits per heavy atom. The topological polar surface area (TPSA) is 47.5 Å². The van der Waals surface area contributed by atoms with Crippen molar-refractivity contribution in [3.05, 3.63) is 48.2 Å². The zero-order valence-corrected chi connectivity index (χ0v) is 15.0. The first-order chi connectivity index (χ1) is 13.0. The number of ether oxygens (including phenoxy) is 2. The van der Waals surface area contributed by atoms with Crippen molar-refractivity contribution in [3.63, 3.8) is 0 Å². The first-order valence-electron chi connectivity index (χ1n) is 8.38. The van der Waals surface area contributed by atoms with Crippen LogP contribution in [0.2, 0.25) is 0 Å². The number of hydrogen-bond acceptors (Lipinski definition) is 6. The van der Waals surface area contributed by atoms with E-state index in [1.54, 1.807) is 11.3 Å². The number of benzene rings is 1. The second kappa shape index (κ2) is 7.32. The highest BCUT2D eigenvalue weighted by atomic mass is 32.1. The van der Waals surface area contributed by atoms with Crippen LogP contribution in [0.5, 0.6) is 5.88 Å². The van der Waals surface area contributed by atoms with Crippen molar-refractivity contribution in [1.29, 1.82) is 0 Å². The van der Waals surface area contributed by atoms with Gasteiger partial charge in [0, 0.05) is 12.6 Å². The number of hydrogen-bond donors (Lipinski definition) is 0. The van der Waals surface area contributed by atoms with Crippen molar-refractivity contribution >= 4 is 26.7 Å². The van der Waals surface area contributed by atoms with Crippen LogP contribution >= 0.6 is 11.3 Å². The fraction of sp³-hybridized carbons (Fsp3) is 0.333. The van der Waals surface area contributed by atoms with E-state index in [1.807, 2.05) is 29.2 Å². The average molecular weight is 395 g/mol. The molecule has 0 saturated carbocycles. The molecule has 1 aliphatic rings. The highest BCUT2D eigenvalue weighted by Crippen LogP contribution is 2.30. The zero-order chi connectivity index (χ0) is 18.9. The highest BCUT2D eigenvalue weighted by Gasteiger charge is 2.33. The van der Waals surface area contributed by atoms with E-state index in [0.29, 0.717) is 19.7 Å². The van der Waals surface area contributed by atoms with Crippen LogP contribution < -0.4 is 9.64 Å². The number of pyridine rings is 1. The number of anilines is 1. The minimum absolute atomic E-state index is 0.0652. The van der Waals surface area contributed by atoms with Gasteiger partial charge in [0.1, 0.15) is 11.8 Å². The molecule has 0 spiro atoms. The van der Waals surface area contributed by atoms with Gasteiger partial charge >= 0.3 is 6.18 Å². The molecule has 2 aromatic heterocycles. The lowest BCUT2D eigenvalue weighted by molar-refractivity contribution is -0.141. The van der Waals surface area contributed by atoms with E-state index in [-0.39, 0.29) is 12.5 Å². The molecule has 1 saturated heterocycles. The maximum absolute atomic E-state index is 12.8. The number of alkyl halides is 3. The van der Waals surface area contributed by atoms with E-state index in [1.165, 1.54) is 12.1 Å². The molecule has 0 bridgehead atoms. The van der Waals surface area contributed by atoms with Crippen LogP contribution in [0.4, 0.5) is 18.3 Å². The Kier molecular flexibility index (Phi) is 4.88. The number of halogens is 3. The summed E-state index contributed by atoms with van der Waals surface area (Å²) in [4.78, 5) is 10.2. The number of thiazole rings is 1. The Hall–Kier alpha value is -2.39. The summed E-state index contributed by atoms with van der Waals surface area (Å²) < 4.78 is 50.9. The normalized spacial score (nSPS) is 18.5. The molecular weight excluding hydrogens is 379 g/mol. The third-order valence-corrected chi connectivity index (χ3v) is 5.19. The van der Waals surface area contributed by atoms with Gasteiger partial charge in [0.2, 0.25) is 5.88 Å². The van der Waals surface area contributed by atoms with Gasteiger partial charge in [-0.3, -0.25) is 0 Å². The Morgan fingerprint density at radius 2 is 1.96 bits per heavy atom. The summed E-state index contributed by atoms with van der Waals surface area (Å²) in [6, 6.07) is 11.5. The SMILES string of the molecule is FC(F)(F)c1cccc(O[C@H]2COCCN(c3nc4ccccc4s3)C2)n1. The van der Waals surface area contributed by atoms with E-state index in [9.17, 15) is 13.2 Å². The van der Waals surface area contributed by atoms with E-state index in [0.717, 1.165) is 21.4 Å². The lowest BCUT2D eigenvalue weighted by atomic mass is 10.3. The van der Waals surface area contributed by atoms with E-state index in [4.69, 9.17) is 9.47 Å². The fourth-order valence-electron chi connectivity index (χ4n) is 2.83. The maximum Gasteiger partial charge on any atom is 0.433 e. The summed E-state index contributed by atoms with van der Waals surface area (Å²) in [5.41, 5.74) is -0.0581. The van der Waals surface area contributed by atoms with E-state index in [2.05, 4.69) is 9.97 Å². The Labute approximate surface area is 157 Å². The molecular formula is C18H16F3N3O2S. The van der Waals surface area contributed by atoms with Crippen molar-refractivity contribution in [2.75, 3.05) is 31.2 Å². The minimum atomic E-state index is -4.51. The summed E-state index contributed by atoms with van der Waals surface area (Å²) in [6.07, 6.45) is -4.96. The van der Waals surface area contributed by atoms with Gasteiger partial charge in [-0.2, -0.15) is 13.2 Å². The lowest BCUT2D eigenvalue weighted by Crippen LogP contribution is -2.36. The second-order valence-electron chi connectivity index (χ2n) is 6.08. The minimum Gasteiger partial charge on any atom is -0.470 e. The molecule has 0 N–H and O–H groups in total. The Bertz CT molecular complexity index is 898. The third kappa shape index (κ3) is 4.14. The smallest absolute Gasteiger partial charge is 0.433 e. The molecule has 1 aliphatic heterocycles. The maximum atomic E-state index is 12.8. The number of aromatic nitrogens is 2. The molecule has 1 atom stereocenters. The van der Waals surface area contributed by atoms with Gasteiger partial charge in [-0.15, -0.1) is 0 Å². The van der Waals surface area contributed by atoms with Gasteiger partial charge in [0.25, 0.3) is 0 Å². The molecule has 1 aromatic carbocycles. The first kappa shape index (κ1) is 18.0. The van der Waals surface area contributed by atoms with Crippen LogP contribution in [-0.4, -0.2) is 42.4 Å². The molecule has 0 radical (unpaired) electrons. The Balaban J connectivity index is 1.52. The van der Waals surface area contributed by atoms with Gasteiger partial charge < -0.3 is 14.4 Å². The number of nitrogens with zero attached hydrogens (tertiary/aromatic N) is 3. The molecule has 3 aromatic rings. The van der Waals surface area contributed by atoms with Crippen molar-refractivity contribution < 1.29 is 22.6 Å². The van der Waals surface area contributed by atoms with Crippen LogP contribution in [0.1, 0.15) is 5.69 Å². The second-order valence-corrected chi connectivity index (χ2v) is 7.09. The van der Waals surface area contributed by atoms with Gasteiger partial charge in [0.15, 0.2) is 5.13 Å². The van der Waals surface area contributed by atoms with Crippen LogP contribution in [0.3, 0.4) is 0 Å². The van der Waals surface area contributed by atoms with Gasteiger partial charge in [-0.05, 0) is 18.2 Å². The summed E-state index contributed by atoms with van der Waals surface area (Å²) in [5.74, 6) is -0.0652. The van der Waals surface area contributed by atoms with Crippen LogP contribution in [0, 0.1) is 0 Å². The molecule has 4 rings (SSSR count). The Morgan fingerprint density at radius 3 is 2.78 bits per heavy atom. The largest absolute Gasteiger partial charge is 0.470 e. The molecule has 9 heteroatoms. The lowest BCUT2D eigenvalue weighted by Gasteiger charge is -2.23. The third-order valence-electron chi connectivity index (χ3n) is 4.09. The van der Waals surface area contributed by atoms with Crippen molar-refractivity contribution in [3.8, 4) is 5.88 Å². The monoisotopic (exact) mass is 395 g/mol. The van der Waals surface area contributed by atoms with Crippen molar-refractivity contribution in [2.24, 2.45) is 0 Å². The number of fused-ring (bicyclic) bond motifs is 1. The van der Waals surface area contributed by atoms with Crippen LogP contribution in [0.25, 0.3) is 10.2 Å². The molecule has 27 heavy (non-hydrogen) atoms. The van der Waals surface area contributed by atoms with Gasteiger partial charge in [0.05, 0.1) is 30.0 Å². The summed E-state index contributed by atoms with van der Waals surface area (Å²) in [5, 5.41) is 0.840. The fourth-order valence-corrected chi connectivity index (χ4v) is 3.83. The summed E-state index contributed by atoms with van der Waals surface area (Å²) >= 11 is 1.57. The molecule has 5 nitrogen and oxygen atoms in total. The summed E-state index contributed by atoms with van der Waals surface area (Å²) in [6.45, 7) is 1.86. The molecule has 0 aliphatic carbocycles. The van der Waals surface area contributed by atoms with E-state index < -0.39 is 18.0 Å². The predicted molar refractivity (Wildman–Crippen MR) is 96.3 cm³/mol. The summed E-state index contributed by atoms with van der Waals surface area (Å²) in [7, 11) is 0. The highest BCUT2D eigenvalue weighted by molar-refractivity contribution is 7.22. The van der Waals surface area contributed by atoms with Crippen LogP contribution in [0.15, 0.2) is 42.5 Å². The standard InChI is InChI=1S/C18H16F3N3O2S/c19-18(20,21)15-6-3-7-16(23-15)26-12-10-24(8-9-25-11-12)17-22-13-4-1-2-5-14(13)27-17/h1-7,12H,8-11H2/t12-/m1/s1. The van der Waals surface area contributed by atoms with Gasteiger partial charge in [-0.25, -0.2) is 9.97 Å². The van der Waals surface area contributed by atoms with Crippen molar-refractivity contribution in [1.82, 2.24) is 9.97 Å². The van der Waals surface area contributed by atoms with Crippen LogP contribution in [-0.2, 0) is 10.9 Å². The number of para-hydroxylation sites is 1. The van der Waals surface area contributed by atoms with Gasteiger partial charge in [-0.1, -0.05) is 29.5 Å². The molecule has 3 heterocycles. The molecule has 0 amide bonds. The molecule has 1 fully saturated rings.